The van der Waals surface area contributed by atoms with Crippen LogP contribution in [0.15, 0.2) is 46.3 Å². The lowest BCUT2D eigenvalue weighted by Crippen LogP contribution is -2.28. The first-order valence-electron chi connectivity index (χ1n) is 9.05. The zero-order valence-electron chi connectivity index (χ0n) is 15.2. The number of amides is 1. The minimum Gasteiger partial charge on any atom is -0.497 e. The molecule has 4 heterocycles. The van der Waals surface area contributed by atoms with Gasteiger partial charge in [0.25, 0.3) is 11.8 Å². The summed E-state index contributed by atoms with van der Waals surface area (Å²) in [5.41, 5.74) is 1.47. The molecular formula is C20H18N4O3S. The second kappa shape index (κ2) is 6.79. The van der Waals surface area contributed by atoms with Gasteiger partial charge >= 0.3 is 0 Å². The van der Waals surface area contributed by atoms with Crippen LogP contribution in [0, 0.1) is 0 Å². The van der Waals surface area contributed by atoms with Crippen molar-refractivity contribution in [1.29, 1.82) is 0 Å². The second-order valence-electron chi connectivity index (χ2n) is 6.81. The van der Waals surface area contributed by atoms with Crippen molar-refractivity contribution in [3.8, 4) is 16.5 Å². The summed E-state index contributed by atoms with van der Waals surface area (Å²) >= 11 is 1.57. The zero-order chi connectivity index (χ0) is 19.1. The normalized spacial score (nSPS) is 16.8. The maximum absolute atomic E-state index is 12.9. The number of hydrogen-bond acceptors (Lipinski definition) is 6. The highest BCUT2D eigenvalue weighted by atomic mass is 32.1. The number of nitrogens with one attached hydrogen (secondary N) is 1. The molecule has 1 fully saturated rings. The molecule has 1 atom stereocenters. The molecule has 1 aliphatic heterocycles. The average Bonchev–Trinajstić information content (AvgIpc) is 3.51. The van der Waals surface area contributed by atoms with E-state index in [-0.39, 0.29) is 11.8 Å². The van der Waals surface area contributed by atoms with E-state index in [1.807, 2.05) is 46.7 Å². The predicted molar refractivity (Wildman–Crippen MR) is 106 cm³/mol. The Morgan fingerprint density at radius 3 is 3.11 bits per heavy atom. The number of likely N-dealkylation sites (tertiary alicyclic amines) is 1. The van der Waals surface area contributed by atoms with Crippen molar-refractivity contribution in [3.63, 3.8) is 0 Å². The standard InChI is InChI=1S/C20H18N4O3S/c1-26-14-5-4-12-9-16(21-15(12)10-14)20(25)24-7-6-13(11-24)18-22-19(27-23-18)17-3-2-8-28-17/h2-5,8-10,13,21H,6-7,11H2,1H3/t13-/m1/s1. The van der Waals surface area contributed by atoms with Crippen molar-refractivity contribution in [2.24, 2.45) is 0 Å². The number of nitrogens with zero attached hydrogens (tertiary/aromatic N) is 3. The largest absolute Gasteiger partial charge is 0.497 e. The van der Waals surface area contributed by atoms with Crippen molar-refractivity contribution in [3.05, 3.63) is 53.3 Å². The third-order valence-corrected chi connectivity index (χ3v) is 5.93. The first kappa shape index (κ1) is 17.0. The van der Waals surface area contributed by atoms with Gasteiger partial charge in [0, 0.05) is 36.0 Å². The van der Waals surface area contributed by atoms with Crippen LogP contribution in [0.4, 0.5) is 0 Å². The van der Waals surface area contributed by atoms with E-state index in [4.69, 9.17) is 9.26 Å². The summed E-state index contributed by atoms with van der Waals surface area (Å²) in [5, 5.41) is 7.10. The van der Waals surface area contributed by atoms with Gasteiger partial charge in [0.1, 0.15) is 11.4 Å². The van der Waals surface area contributed by atoms with Gasteiger partial charge in [-0.2, -0.15) is 4.98 Å². The third kappa shape index (κ3) is 2.95. The summed E-state index contributed by atoms with van der Waals surface area (Å²) in [6.07, 6.45) is 0.823. The van der Waals surface area contributed by atoms with Gasteiger partial charge in [-0.05, 0) is 36.1 Å². The van der Waals surface area contributed by atoms with E-state index in [0.717, 1.165) is 28.0 Å². The predicted octanol–water partition coefficient (Wildman–Crippen LogP) is 3.92. The van der Waals surface area contributed by atoms with Gasteiger partial charge in [0.2, 0.25) is 0 Å². The Kier molecular flexibility index (Phi) is 4.12. The Hall–Kier alpha value is -3.13. The van der Waals surface area contributed by atoms with Crippen LogP contribution in [-0.4, -0.2) is 46.1 Å². The van der Waals surface area contributed by atoms with Crippen LogP contribution in [0.5, 0.6) is 5.75 Å². The number of carbonyl (C=O) groups is 1. The molecule has 0 saturated carbocycles. The fourth-order valence-electron chi connectivity index (χ4n) is 3.58. The number of carbonyl (C=O) groups excluding carboxylic acids is 1. The van der Waals surface area contributed by atoms with E-state index in [2.05, 4.69) is 15.1 Å². The van der Waals surface area contributed by atoms with Crippen LogP contribution in [0.3, 0.4) is 0 Å². The lowest BCUT2D eigenvalue weighted by Gasteiger charge is -2.14. The number of fused-ring (bicyclic) bond motifs is 1. The second-order valence-corrected chi connectivity index (χ2v) is 7.76. The monoisotopic (exact) mass is 394 g/mol. The summed E-state index contributed by atoms with van der Waals surface area (Å²) in [5.74, 6) is 2.04. The topological polar surface area (TPSA) is 84.2 Å². The number of thiophene rings is 1. The summed E-state index contributed by atoms with van der Waals surface area (Å²) in [6.45, 7) is 1.26. The fourth-order valence-corrected chi connectivity index (χ4v) is 4.22. The van der Waals surface area contributed by atoms with Gasteiger partial charge in [-0.15, -0.1) is 11.3 Å². The average molecular weight is 394 g/mol. The van der Waals surface area contributed by atoms with Gasteiger partial charge in [-0.25, -0.2) is 0 Å². The van der Waals surface area contributed by atoms with Crippen molar-refractivity contribution >= 4 is 28.1 Å². The Labute approximate surface area is 164 Å². The Balaban J connectivity index is 1.32. The van der Waals surface area contributed by atoms with Crippen LogP contribution in [0.25, 0.3) is 21.7 Å². The lowest BCUT2D eigenvalue weighted by molar-refractivity contribution is 0.0785. The number of hydrogen-bond donors (Lipinski definition) is 1. The fraction of sp³-hybridized carbons (Fsp3) is 0.250. The SMILES string of the molecule is COc1ccc2cc(C(=O)N3CC[C@@H](c4noc(-c5cccs5)n4)C3)[nH]c2c1. The van der Waals surface area contributed by atoms with E-state index in [1.165, 1.54) is 0 Å². The highest BCUT2D eigenvalue weighted by Gasteiger charge is 2.31. The molecule has 1 N–H and O–H groups in total. The molecule has 142 valence electrons. The van der Waals surface area contributed by atoms with Crippen molar-refractivity contribution in [2.75, 3.05) is 20.2 Å². The Morgan fingerprint density at radius 1 is 1.36 bits per heavy atom. The molecule has 1 saturated heterocycles. The molecule has 28 heavy (non-hydrogen) atoms. The zero-order valence-corrected chi connectivity index (χ0v) is 16.0. The third-order valence-electron chi connectivity index (χ3n) is 5.07. The number of H-pyrrole nitrogens is 1. The maximum atomic E-state index is 12.9. The van der Waals surface area contributed by atoms with Gasteiger partial charge < -0.3 is 19.1 Å². The van der Waals surface area contributed by atoms with E-state index in [9.17, 15) is 4.79 Å². The van der Waals surface area contributed by atoms with Crippen LogP contribution < -0.4 is 4.74 Å². The Bertz CT molecular complexity index is 1130. The highest BCUT2D eigenvalue weighted by molar-refractivity contribution is 7.13. The van der Waals surface area contributed by atoms with Crippen LogP contribution in [0.2, 0.25) is 0 Å². The molecule has 8 heteroatoms. The van der Waals surface area contributed by atoms with Gasteiger partial charge in [-0.1, -0.05) is 11.2 Å². The van der Waals surface area contributed by atoms with Crippen LogP contribution >= 0.6 is 11.3 Å². The van der Waals surface area contributed by atoms with Crippen molar-refractivity contribution in [2.45, 2.75) is 12.3 Å². The summed E-state index contributed by atoms with van der Waals surface area (Å²) in [4.78, 5) is 23.5. The molecule has 1 amide bonds. The van der Waals surface area contributed by atoms with Crippen LogP contribution in [-0.2, 0) is 0 Å². The Morgan fingerprint density at radius 2 is 2.29 bits per heavy atom. The molecule has 0 bridgehead atoms. The smallest absolute Gasteiger partial charge is 0.270 e. The minimum absolute atomic E-state index is 0.0142. The molecule has 1 aliphatic rings. The van der Waals surface area contributed by atoms with Gasteiger partial charge in [-0.3, -0.25) is 4.79 Å². The summed E-state index contributed by atoms with van der Waals surface area (Å²) in [7, 11) is 1.63. The van der Waals surface area contributed by atoms with E-state index in [0.29, 0.717) is 30.5 Å². The number of methoxy groups -OCH3 is 1. The molecule has 0 unspecified atom stereocenters. The molecule has 0 aliphatic carbocycles. The van der Waals surface area contributed by atoms with Crippen LogP contribution in [0.1, 0.15) is 28.7 Å². The highest BCUT2D eigenvalue weighted by Crippen LogP contribution is 2.30. The number of benzene rings is 1. The van der Waals surface area contributed by atoms with E-state index in [1.54, 1.807) is 18.4 Å². The molecule has 3 aromatic heterocycles. The molecule has 0 radical (unpaired) electrons. The first-order valence-corrected chi connectivity index (χ1v) is 9.93. The first-order chi connectivity index (χ1) is 13.7. The quantitative estimate of drug-likeness (QED) is 0.567. The maximum Gasteiger partial charge on any atom is 0.270 e. The lowest BCUT2D eigenvalue weighted by atomic mass is 10.1. The van der Waals surface area contributed by atoms with Gasteiger partial charge in [0.05, 0.1) is 12.0 Å². The van der Waals surface area contributed by atoms with Crippen molar-refractivity contribution < 1.29 is 14.1 Å². The molecule has 7 nitrogen and oxygen atoms in total. The number of aromatic amines is 1. The van der Waals surface area contributed by atoms with E-state index < -0.39 is 0 Å². The molecule has 4 aromatic rings. The summed E-state index contributed by atoms with van der Waals surface area (Å²) < 4.78 is 10.6. The van der Waals surface area contributed by atoms with E-state index >= 15 is 0 Å². The molecular weight excluding hydrogens is 376 g/mol. The molecule has 0 spiro atoms. The molecule has 5 rings (SSSR count). The number of rotatable bonds is 4. The van der Waals surface area contributed by atoms with Gasteiger partial charge in [0.15, 0.2) is 5.82 Å². The minimum atomic E-state index is -0.0142. The number of aromatic nitrogens is 3. The van der Waals surface area contributed by atoms with Crippen molar-refractivity contribution in [1.82, 2.24) is 20.0 Å². The number of ether oxygens (including phenoxy) is 1. The molecule has 1 aromatic carbocycles. The summed E-state index contributed by atoms with van der Waals surface area (Å²) in [6, 6.07) is 11.5.